The van der Waals surface area contributed by atoms with Crippen molar-refractivity contribution in [1.29, 1.82) is 0 Å². The average molecular weight is 235 g/mol. The highest BCUT2D eigenvalue weighted by Crippen LogP contribution is 1.97. The summed E-state index contributed by atoms with van der Waals surface area (Å²) < 4.78 is 0. The molecule has 92 valence electrons. The van der Waals surface area contributed by atoms with Gasteiger partial charge in [0.05, 0.1) is 0 Å². The van der Waals surface area contributed by atoms with Gasteiger partial charge in [-0.2, -0.15) is 0 Å². The minimum absolute atomic E-state index is 0.306. The zero-order chi connectivity index (χ0) is 12.7. The van der Waals surface area contributed by atoms with Gasteiger partial charge in [-0.3, -0.25) is 10.2 Å². The Kier molecular flexibility index (Phi) is 5.00. The van der Waals surface area contributed by atoms with E-state index in [2.05, 4.69) is 10.9 Å². The van der Waals surface area contributed by atoms with Crippen LogP contribution in [0, 0.1) is 0 Å². The zero-order valence-electron chi connectivity index (χ0n) is 10.1. The van der Waals surface area contributed by atoms with Crippen LogP contribution in [0.3, 0.4) is 0 Å². The van der Waals surface area contributed by atoms with Gasteiger partial charge in [0, 0.05) is 18.7 Å². The Bertz CT molecular complexity index is 375. The van der Waals surface area contributed by atoms with Gasteiger partial charge in [-0.05, 0) is 26.0 Å². The number of benzene rings is 1. The van der Waals surface area contributed by atoms with Gasteiger partial charge in [0.2, 0.25) is 0 Å². The Hall–Kier alpha value is -2.04. The van der Waals surface area contributed by atoms with Crippen LogP contribution in [0.5, 0.6) is 0 Å². The van der Waals surface area contributed by atoms with Crippen molar-refractivity contribution in [3.8, 4) is 0 Å². The maximum atomic E-state index is 11.6. The molecule has 2 N–H and O–H groups in total. The number of nitrogens with zero attached hydrogens (tertiary/aromatic N) is 1. The maximum Gasteiger partial charge on any atom is 0.336 e. The molecule has 0 spiro atoms. The van der Waals surface area contributed by atoms with Crippen LogP contribution in [0.2, 0.25) is 0 Å². The third-order valence-electron chi connectivity index (χ3n) is 2.37. The molecular formula is C12H17N3O2. The minimum atomic E-state index is -0.328. The lowest BCUT2D eigenvalue weighted by molar-refractivity contribution is 0.0930. The van der Waals surface area contributed by atoms with E-state index in [4.69, 9.17) is 0 Å². The van der Waals surface area contributed by atoms with Crippen molar-refractivity contribution >= 4 is 11.9 Å². The monoisotopic (exact) mass is 235 g/mol. The first-order valence-corrected chi connectivity index (χ1v) is 5.59. The molecule has 0 saturated heterocycles. The first kappa shape index (κ1) is 13.0. The highest BCUT2D eigenvalue weighted by molar-refractivity contribution is 5.95. The highest BCUT2D eigenvalue weighted by atomic mass is 16.2. The summed E-state index contributed by atoms with van der Waals surface area (Å²) in [6.45, 7) is 4.96. The minimum Gasteiger partial charge on any atom is -0.324 e. The van der Waals surface area contributed by atoms with E-state index < -0.39 is 0 Å². The van der Waals surface area contributed by atoms with E-state index in [1.807, 2.05) is 19.9 Å². The lowest BCUT2D eigenvalue weighted by Gasteiger charge is -2.19. The van der Waals surface area contributed by atoms with E-state index in [1.165, 1.54) is 0 Å². The van der Waals surface area contributed by atoms with Crippen molar-refractivity contribution in [1.82, 2.24) is 15.8 Å². The molecule has 0 aliphatic rings. The lowest BCUT2D eigenvalue weighted by atomic mass is 10.2. The summed E-state index contributed by atoms with van der Waals surface area (Å²) in [6, 6.07) is 8.41. The topological polar surface area (TPSA) is 61.4 Å². The summed E-state index contributed by atoms with van der Waals surface area (Å²) in [6.07, 6.45) is 0. The third kappa shape index (κ3) is 3.79. The number of hydrogen-bond acceptors (Lipinski definition) is 2. The van der Waals surface area contributed by atoms with E-state index in [-0.39, 0.29) is 11.9 Å². The zero-order valence-corrected chi connectivity index (χ0v) is 10.1. The molecule has 0 aliphatic carbocycles. The second kappa shape index (κ2) is 6.52. The Morgan fingerprint density at radius 1 is 1.06 bits per heavy atom. The SMILES string of the molecule is CCN(CC)C(=O)NNC(=O)c1ccccc1. The smallest absolute Gasteiger partial charge is 0.324 e. The Morgan fingerprint density at radius 3 is 2.18 bits per heavy atom. The predicted molar refractivity (Wildman–Crippen MR) is 65.4 cm³/mol. The number of amides is 3. The van der Waals surface area contributed by atoms with Crippen LogP contribution >= 0.6 is 0 Å². The Labute approximate surface area is 101 Å². The van der Waals surface area contributed by atoms with Crippen molar-refractivity contribution in [3.63, 3.8) is 0 Å². The van der Waals surface area contributed by atoms with Gasteiger partial charge in [-0.1, -0.05) is 18.2 Å². The van der Waals surface area contributed by atoms with Crippen LogP contribution < -0.4 is 10.9 Å². The number of hydrogen-bond donors (Lipinski definition) is 2. The van der Waals surface area contributed by atoms with Crippen molar-refractivity contribution in [2.75, 3.05) is 13.1 Å². The standard InChI is InChI=1S/C12H17N3O2/c1-3-15(4-2)12(17)14-13-11(16)10-8-6-5-7-9-10/h5-9H,3-4H2,1-2H3,(H,13,16)(H,14,17). The lowest BCUT2D eigenvalue weighted by Crippen LogP contribution is -2.48. The van der Waals surface area contributed by atoms with Gasteiger partial charge in [0.15, 0.2) is 0 Å². The van der Waals surface area contributed by atoms with Crippen LogP contribution in [-0.4, -0.2) is 29.9 Å². The Morgan fingerprint density at radius 2 is 1.65 bits per heavy atom. The van der Waals surface area contributed by atoms with E-state index >= 15 is 0 Å². The normalized spacial score (nSPS) is 9.53. The number of rotatable bonds is 3. The summed E-state index contributed by atoms with van der Waals surface area (Å²) in [7, 11) is 0. The summed E-state index contributed by atoms with van der Waals surface area (Å²) in [4.78, 5) is 24.7. The molecule has 0 aliphatic heterocycles. The molecular weight excluding hydrogens is 218 g/mol. The summed E-state index contributed by atoms with van der Waals surface area (Å²) in [5.41, 5.74) is 5.24. The van der Waals surface area contributed by atoms with E-state index in [0.29, 0.717) is 18.7 Å². The first-order chi connectivity index (χ1) is 8.19. The van der Waals surface area contributed by atoms with Crippen LogP contribution in [0.25, 0.3) is 0 Å². The van der Waals surface area contributed by atoms with Crippen molar-refractivity contribution in [2.45, 2.75) is 13.8 Å². The molecule has 0 unspecified atom stereocenters. The number of carbonyl (C=O) groups is 2. The second-order valence-corrected chi connectivity index (χ2v) is 3.42. The van der Waals surface area contributed by atoms with Gasteiger partial charge in [-0.15, -0.1) is 0 Å². The maximum absolute atomic E-state index is 11.6. The fraction of sp³-hybridized carbons (Fsp3) is 0.333. The van der Waals surface area contributed by atoms with E-state index in [0.717, 1.165) is 0 Å². The van der Waals surface area contributed by atoms with E-state index in [9.17, 15) is 9.59 Å². The molecule has 0 atom stereocenters. The first-order valence-electron chi connectivity index (χ1n) is 5.59. The fourth-order valence-electron chi connectivity index (χ4n) is 1.36. The molecule has 0 fully saturated rings. The molecule has 5 heteroatoms. The average Bonchev–Trinajstić information content (AvgIpc) is 2.38. The van der Waals surface area contributed by atoms with Crippen LogP contribution in [0.1, 0.15) is 24.2 Å². The fourth-order valence-corrected chi connectivity index (χ4v) is 1.36. The van der Waals surface area contributed by atoms with Crippen molar-refractivity contribution in [3.05, 3.63) is 35.9 Å². The molecule has 1 rings (SSSR count). The summed E-state index contributed by atoms with van der Waals surface area (Å²) in [5, 5.41) is 0. The quantitative estimate of drug-likeness (QED) is 0.777. The van der Waals surface area contributed by atoms with Gasteiger partial charge in [-0.25, -0.2) is 10.2 Å². The van der Waals surface area contributed by atoms with Crippen LogP contribution in [-0.2, 0) is 0 Å². The number of hydrazine groups is 1. The molecule has 0 heterocycles. The third-order valence-corrected chi connectivity index (χ3v) is 2.37. The molecule has 0 aromatic heterocycles. The second-order valence-electron chi connectivity index (χ2n) is 3.42. The molecule has 0 bridgehead atoms. The summed E-state index contributed by atoms with van der Waals surface area (Å²) in [5.74, 6) is -0.328. The van der Waals surface area contributed by atoms with Crippen LogP contribution in [0.4, 0.5) is 4.79 Å². The molecule has 3 amide bonds. The molecule has 0 saturated carbocycles. The van der Waals surface area contributed by atoms with Gasteiger partial charge in [0.25, 0.3) is 5.91 Å². The van der Waals surface area contributed by atoms with E-state index in [1.54, 1.807) is 29.2 Å². The molecule has 17 heavy (non-hydrogen) atoms. The Balaban J connectivity index is 2.46. The van der Waals surface area contributed by atoms with Gasteiger partial charge in [0.1, 0.15) is 0 Å². The van der Waals surface area contributed by atoms with Crippen molar-refractivity contribution < 1.29 is 9.59 Å². The molecule has 0 radical (unpaired) electrons. The largest absolute Gasteiger partial charge is 0.336 e. The summed E-state index contributed by atoms with van der Waals surface area (Å²) >= 11 is 0. The highest BCUT2D eigenvalue weighted by Gasteiger charge is 2.10. The molecule has 5 nitrogen and oxygen atoms in total. The molecule has 1 aromatic rings. The number of carbonyl (C=O) groups excluding carboxylic acids is 2. The van der Waals surface area contributed by atoms with Crippen molar-refractivity contribution in [2.24, 2.45) is 0 Å². The number of nitrogens with one attached hydrogen (secondary N) is 2. The van der Waals surface area contributed by atoms with Gasteiger partial charge >= 0.3 is 6.03 Å². The number of urea groups is 1. The van der Waals surface area contributed by atoms with Crippen LogP contribution in [0.15, 0.2) is 30.3 Å². The predicted octanol–water partition coefficient (Wildman–Crippen LogP) is 1.38. The van der Waals surface area contributed by atoms with Gasteiger partial charge < -0.3 is 4.90 Å². The molecule has 1 aromatic carbocycles.